The molecule has 0 radical (unpaired) electrons. The minimum atomic E-state index is -0.280. The normalized spacial score (nSPS) is 14.5. The number of amidine groups is 2. The number of ether oxygens (including phenoxy) is 1. The van der Waals surface area contributed by atoms with Crippen molar-refractivity contribution in [2.45, 2.75) is 6.17 Å². The van der Waals surface area contributed by atoms with Crippen LogP contribution in [-0.2, 0) is 0 Å². The van der Waals surface area contributed by atoms with E-state index in [4.69, 9.17) is 14.7 Å². The Morgan fingerprint density at radius 2 is 0.873 bits per heavy atom. The van der Waals surface area contributed by atoms with Crippen molar-refractivity contribution in [1.29, 1.82) is 0 Å². The van der Waals surface area contributed by atoms with Crippen LogP contribution in [0.4, 0.5) is 0 Å². The monoisotopic (exact) mass is 703 g/mol. The Morgan fingerprint density at radius 1 is 0.364 bits per heavy atom. The number of hydrogen-bond acceptors (Lipinski definition) is 4. The van der Waals surface area contributed by atoms with Gasteiger partial charge in [0.15, 0.2) is 5.84 Å². The van der Waals surface area contributed by atoms with E-state index in [2.05, 4.69) is 181 Å². The molecule has 11 rings (SSSR count). The average Bonchev–Trinajstić information content (AvgIpc) is 3.29. The molecule has 0 saturated heterocycles. The summed E-state index contributed by atoms with van der Waals surface area (Å²) in [6.45, 7) is 0. The average molecular weight is 704 g/mol. The lowest BCUT2D eigenvalue weighted by molar-refractivity contribution is 0.486. The second kappa shape index (κ2) is 12.7. The molecule has 0 fully saturated rings. The van der Waals surface area contributed by atoms with E-state index in [0.29, 0.717) is 5.84 Å². The van der Waals surface area contributed by atoms with E-state index in [0.717, 1.165) is 61.8 Å². The van der Waals surface area contributed by atoms with Gasteiger partial charge < -0.3 is 10.1 Å². The number of aliphatic imine (C=N–C) groups is 2. The number of benzene rings is 8. The van der Waals surface area contributed by atoms with Gasteiger partial charge in [-0.2, -0.15) is 0 Å². The summed E-state index contributed by atoms with van der Waals surface area (Å²) >= 11 is 0. The van der Waals surface area contributed by atoms with Crippen LogP contribution in [0.25, 0.3) is 66.8 Å². The van der Waals surface area contributed by atoms with Gasteiger partial charge in [-0.15, -0.1) is 0 Å². The first-order valence-electron chi connectivity index (χ1n) is 18.7. The third-order valence-corrected chi connectivity index (χ3v) is 10.9. The van der Waals surface area contributed by atoms with Gasteiger partial charge in [0.1, 0.15) is 23.5 Å². The largest absolute Gasteiger partial charge is 0.456 e. The summed E-state index contributed by atoms with van der Waals surface area (Å²) in [5.74, 6) is 3.20. The highest BCUT2D eigenvalue weighted by atomic mass is 16.5. The van der Waals surface area contributed by atoms with E-state index in [1.54, 1.807) is 0 Å². The SMILES string of the molecule is c1ccc(-c2ccc(C3=NC(c4ccccc4)NC(c4ccc(-c5cccc6c5-c5c7cccc5-c5cccc(c5-c5ccccc5-7)O6)cc4)=N3)cc2)cc1. The van der Waals surface area contributed by atoms with Crippen LogP contribution in [0, 0.1) is 0 Å². The number of rotatable bonds is 5. The Hall–Kier alpha value is -7.30. The van der Waals surface area contributed by atoms with Crippen molar-refractivity contribution in [3.63, 3.8) is 0 Å². The molecule has 1 aliphatic carbocycles. The lowest BCUT2D eigenvalue weighted by atomic mass is 9.84. The molecule has 0 aromatic heterocycles. The topological polar surface area (TPSA) is 46.0 Å². The van der Waals surface area contributed by atoms with E-state index >= 15 is 0 Å². The van der Waals surface area contributed by atoms with Crippen LogP contribution in [0.1, 0.15) is 22.9 Å². The van der Waals surface area contributed by atoms with Crippen molar-refractivity contribution in [1.82, 2.24) is 5.32 Å². The number of hydrogen-bond donors (Lipinski definition) is 1. The molecular formula is C51H33N3O. The molecular weight excluding hydrogens is 671 g/mol. The number of nitrogens with zero attached hydrogens (tertiary/aromatic N) is 2. The van der Waals surface area contributed by atoms with E-state index in [1.807, 2.05) is 12.1 Å². The minimum Gasteiger partial charge on any atom is -0.456 e. The Bertz CT molecular complexity index is 2830. The highest BCUT2D eigenvalue weighted by Gasteiger charge is 2.31. The fourth-order valence-electron chi connectivity index (χ4n) is 8.34. The fraction of sp³-hybridized carbons (Fsp3) is 0.0196. The predicted molar refractivity (Wildman–Crippen MR) is 225 cm³/mol. The van der Waals surface area contributed by atoms with Gasteiger partial charge >= 0.3 is 0 Å². The molecule has 4 nitrogen and oxygen atoms in total. The summed E-state index contributed by atoms with van der Waals surface area (Å²) in [7, 11) is 0. The van der Waals surface area contributed by atoms with Crippen molar-refractivity contribution < 1.29 is 4.74 Å². The van der Waals surface area contributed by atoms with Gasteiger partial charge in [-0.05, 0) is 67.8 Å². The zero-order chi connectivity index (χ0) is 36.3. The second-order valence-corrected chi connectivity index (χ2v) is 14.1. The van der Waals surface area contributed by atoms with Gasteiger partial charge in [0.05, 0.1) is 0 Å². The van der Waals surface area contributed by atoms with Crippen LogP contribution in [0.5, 0.6) is 11.5 Å². The van der Waals surface area contributed by atoms with Crippen molar-refractivity contribution in [2.75, 3.05) is 0 Å². The molecule has 2 aliphatic heterocycles. The maximum absolute atomic E-state index is 6.89. The molecule has 4 heteroatoms. The molecule has 55 heavy (non-hydrogen) atoms. The zero-order valence-corrected chi connectivity index (χ0v) is 29.8. The second-order valence-electron chi connectivity index (χ2n) is 14.1. The molecule has 0 saturated carbocycles. The van der Waals surface area contributed by atoms with Crippen molar-refractivity contribution in [3.8, 4) is 78.3 Å². The van der Waals surface area contributed by atoms with Gasteiger partial charge in [-0.1, -0.05) is 176 Å². The van der Waals surface area contributed by atoms with Crippen molar-refractivity contribution in [3.05, 3.63) is 205 Å². The first-order valence-corrected chi connectivity index (χ1v) is 18.7. The lowest BCUT2D eigenvalue weighted by Crippen LogP contribution is -2.33. The van der Waals surface area contributed by atoms with E-state index in [-0.39, 0.29) is 6.17 Å². The smallest absolute Gasteiger partial charge is 0.159 e. The van der Waals surface area contributed by atoms with Crippen LogP contribution in [0.3, 0.4) is 0 Å². The molecule has 0 amide bonds. The summed E-state index contributed by atoms with van der Waals surface area (Å²) < 4.78 is 6.89. The highest BCUT2D eigenvalue weighted by Crippen LogP contribution is 2.58. The van der Waals surface area contributed by atoms with Gasteiger partial charge in [-0.3, -0.25) is 0 Å². The quantitative estimate of drug-likeness (QED) is 0.194. The summed E-state index contributed by atoms with van der Waals surface area (Å²) in [5, 5.41) is 3.64. The summed E-state index contributed by atoms with van der Waals surface area (Å²) in [6, 6.07) is 66.3. The summed E-state index contributed by atoms with van der Waals surface area (Å²) in [4.78, 5) is 10.2. The van der Waals surface area contributed by atoms with Crippen molar-refractivity contribution in [2.24, 2.45) is 9.98 Å². The minimum absolute atomic E-state index is 0.280. The van der Waals surface area contributed by atoms with Crippen LogP contribution in [0.15, 0.2) is 198 Å². The van der Waals surface area contributed by atoms with Gasteiger partial charge in [-0.25, -0.2) is 9.98 Å². The number of nitrogens with one attached hydrogen (secondary N) is 1. The first-order chi connectivity index (χ1) is 27.3. The van der Waals surface area contributed by atoms with Crippen LogP contribution in [-0.4, -0.2) is 11.7 Å². The molecule has 258 valence electrons. The highest BCUT2D eigenvalue weighted by molar-refractivity contribution is 6.14. The molecule has 2 heterocycles. The molecule has 8 aromatic carbocycles. The molecule has 1 unspecified atom stereocenters. The molecule has 6 bridgehead atoms. The van der Waals surface area contributed by atoms with Gasteiger partial charge in [0.2, 0.25) is 0 Å². The van der Waals surface area contributed by atoms with Crippen molar-refractivity contribution >= 4 is 11.7 Å². The van der Waals surface area contributed by atoms with E-state index < -0.39 is 0 Å². The Labute approximate surface area is 319 Å². The third kappa shape index (κ3) is 5.22. The van der Waals surface area contributed by atoms with Crippen LogP contribution in [0.2, 0.25) is 0 Å². The first kappa shape index (κ1) is 31.2. The number of fused-ring (bicyclic) bond motifs is 3. The Kier molecular flexibility index (Phi) is 7.20. The van der Waals surface area contributed by atoms with Gasteiger partial charge in [0, 0.05) is 27.8 Å². The van der Waals surface area contributed by atoms with E-state index in [1.165, 1.54) is 38.9 Å². The maximum Gasteiger partial charge on any atom is 0.159 e. The van der Waals surface area contributed by atoms with E-state index in [9.17, 15) is 0 Å². The molecule has 8 aromatic rings. The molecule has 3 aliphatic rings. The summed E-state index contributed by atoms with van der Waals surface area (Å²) in [5.41, 5.74) is 17.1. The fourth-order valence-corrected chi connectivity index (χ4v) is 8.34. The summed E-state index contributed by atoms with van der Waals surface area (Å²) in [6.07, 6.45) is -0.280. The molecule has 1 atom stereocenters. The predicted octanol–water partition coefficient (Wildman–Crippen LogP) is 12.6. The molecule has 1 N–H and O–H groups in total. The Morgan fingerprint density at radius 3 is 1.62 bits per heavy atom. The van der Waals surface area contributed by atoms with Crippen LogP contribution < -0.4 is 10.1 Å². The molecule has 0 spiro atoms. The van der Waals surface area contributed by atoms with Gasteiger partial charge in [0.25, 0.3) is 0 Å². The van der Waals surface area contributed by atoms with Crippen LogP contribution >= 0.6 is 0 Å². The standard InChI is InChI=1S/C51H33N3O/c1-3-12-32(13-4-1)33-24-28-36(29-25-33)50-52-49(35-14-5-2-6-15-35)53-51(54-50)37-30-26-34(27-31-37)38-18-10-23-45-48(38)47-41-19-9-20-43(47)42-21-11-22-44(55-45)46(42)40-17-8-7-16-39(40)41/h1-31,49H,(H,52,53,54). The maximum atomic E-state index is 6.89. The third-order valence-electron chi connectivity index (χ3n) is 10.9. The zero-order valence-electron chi connectivity index (χ0n) is 29.8. The Balaban J connectivity index is 1.01. The lowest BCUT2D eigenvalue weighted by Gasteiger charge is -2.24.